The highest BCUT2D eigenvalue weighted by atomic mass is 35.5. The van der Waals surface area contributed by atoms with E-state index in [0.717, 1.165) is 11.1 Å². The van der Waals surface area contributed by atoms with Crippen LogP contribution in [0.1, 0.15) is 18.1 Å². The molecule has 2 aromatic carbocycles. The number of rotatable bonds is 5. The molecule has 0 unspecified atom stereocenters. The molecule has 0 aromatic heterocycles. The molecule has 126 valence electrons. The fourth-order valence-electron chi connectivity index (χ4n) is 2.17. The van der Waals surface area contributed by atoms with Gasteiger partial charge in [0.25, 0.3) is 0 Å². The Morgan fingerprint density at radius 1 is 1.08 bits per heavy atom. The van der Waals surface area contributed by atoms with Crippen LogP contribution in [0.25, 0.3) is 0 Å². The third-order valence-electron chi connectivity index (χ3n) is 3.58. The molecule has 0 heterocycles. The minimum Gasteiger partial charge on any atom is -0.350 e. The maximum absolute atomic E-state index is 12.2. The molecule has 0 aliphatic heterocycles. The molecule has 0 radical (unpaired) electrons. The van der Waals surface area contributed by atoms with Gasteiger partial charge in [-0.2, -0.15) is 0 Å². The molecule has 24 heavy (non-hydrogen) atoms. The van der Waals surface area contributed by atoms with E-state index >= 15 is 0 Å². The Hall–Kier alpha value is -2.04. The molecule has 2 amide bonds. The predicted molar refractivity (Wildman–Crippen MR) is 97.5 cm³/mol. The van der Waals surface area contributed by atoms with Gasteiger partial charge in [0.15, 0.2) is 0 Å². The molecule has 0 aliphatic carbocycles. The summed E-state index contributed by atoms with van der Waals surface area (Å²) >= 11 is 12.2. The van der Waals surface area contributed by atoms with Gasteiger partial charge in [0.05, 0.1) is 0 Å². The summed E-state index contributed by atoms with van der Waals surface area (Å²) in [6, 6.07) is 12.5. The molecular formula is C18H18Cl2N2O2. The molecule has 0 spiro atoms. The topological polar surface area (TPSA) is 49.4 Å². The summed E-state index contributed by atoms with van der Waals surface area (Å²) < 4.78 is 0. The van der Waals surface area contributed by atoms with Crippen molar-refractivity contribution in [1.29, 1.82) is 0 Å². The number of aryl methyl sites for hydroxylation is 1. The maximum atomic E-state index is 12.2. The average molecular weight is 365 g/mol. The molecule has 0 aliphatic rings. The van der Waals surface area contributed by atoms with Gasteiger partial charge in [-0.15, -0.1) is 0 Å². The van der Waals surface area contributed by atoms with E-state index in [4.69, 9.17) is 23.2 Å². The third kappa shape index (κ3) is 4.73. The van der Waals surface area contributed by atoms with Crippen molar-refractivity contribution in [2.24, 2.45) is 0 Å². The third-order valence-corrected chi connectivity index (χ3v) is 4.36. The van der Waals surface area contributed by atoms with E-state index in [1.807, 2.05) is 31.2 Å². The van der Waals surface area contributed by atoms with Crippen molar-refractivity contribution in [3.05, 3.63) is 63.6 Å². The minimum absolute atomic E-state index is 0.0842. The van der Waals surface area contributed by atoms with Crippen molar-refractivity contribution >= 4 is 40.7 Å². The maximum Gasteiger partial charge on any atom is 0.240 e. The molecule has 0 fully saturated rings. The number of halogens is 2. The Morgan fingerprint density at radius 3 is 2.42 bits per heavy atom. The monoisotopic (exact) mass is 364 g/mol. The lowest BCUT2D eigenvalue weighted by Crippen LogP contribution is -2.39. The standard InChI is InChI=1S/C18H18Cl2N2O2/c1-12-7-8-15(9-17(12)20)22(13(2)23)11-18(24)21-10-14-5-3-4-6-16(14)19/h3-9H,10-11H2,1-2H3,(H,21,24). The smallest absolute Gasteiger partial charge is 0.240 e. The van der Waals surface area contributed by atoms with E-state index < -0.39 is 0 Å². The molecule has 0 atom stereocenters. The summed E-state index contributed by atoms with van der Waals surface area (Å²) in [6.07, 6.45) is 0. The first-order valence-corrected chi connectivity index (χ1v) is 8.18. The highest BCUT2D eigenvalue weighted by Gasteiger charge is 2.16. The summed E-state index contributed by atoms with van der Waals surface area (Å²) in [4.78, 5) is 25.5. The highest BCUT2D eigenvalue weighted by molar-refractivity contribution is 6.31. The first-order valence-electron chi connectivity index (χ1n) is 7.43. The highest BCUT2D eigenvalue weighted by Crippen LogP contribution is 2.23. The van der Waals surface area contributed by atoms with Gasteiger partial charge in [-0.3, -0.25) is 9.59 Å². The van der Waals surface area contributed by atoms with Crippen LogP contribution in [0, 0.1) is 6.92 Å². The largest absolute Gasteiger partial charge is 0.350 e. The normalized spacial score (nSPS) is 10.3. The van der Waals surface area contributed by atoms with Crippen molar-refractivity contribution in [3.8, 4) is 0 Å². The number of carbonyl (C=O) groups excluding carboxylic acids is 2. The van der Waals surface area contributed by atoms with Gasteiger partial charge >= 0.3 is 0 Å². The summed E-state index contributed by atoms with van der Waals surface area (Å²) in [5.41, 5.74) is 2.32. The number of anilines is 1. The molecular weight excluding hydrogens is 347 g/mol. The molecule has 2 rings (SSSR count). The molecule has 0 saturated heterocycles. The van der Waals surface area contributed by atoms with E-state index in [9.17, 15) is 9.59 Å². The van der Waals surface area contributed by atoms with Crippen molar-refractivity contribution in [2.75, 3.05) is 11.4 Å². The Balaban J connectivity index is 2.05. The van der Waals surface area contributed by atoms with Crippen molar-refractivity contribution in [2.45, 2.75) is 20.4 Å². The number of nitrogens with zero attached hydrogens (tertiary/aromatic N) is 1. The van der Waals surface area contributed by atoms with Crippen LogP contribution >= 0.6 is 23.2 Å². The van der Waals surface area contributed by atoms with E-state index in [0.29, 0.717) is 22.3 Å². The van der Waals surface area contributed by atoms with Crippen LogP contribution in [0.5, 0.6) is 0 Å². The molecule has 0 saturated carbocycles. The number of nitrogens with one attached hydrogen (secondary N) is 1. The number of amides is 2. The zero-order chi connectivity index (χ0) is 17.7. The van der Waals surface area contributed by atoms with E-state index in [1.54, 1.807) is 18.2 Å². The summed E-state index contributed by atoms with van der Waals surface area (Å²) in [6.45, 7) is 3.51. The zero-order valence-electron chi connectivity index (χ0n) is 13.5. The number of hydrogen-bond donors (Lipinski definition) is 1. The lowest BCUT2D eigenvalue weighted by molar-refractivity contribution is -0.123. The van der Waals surface area contributed by atoms with E-state index in [-0.39, 0.29) is 18.4 Å². The lowest BCUT2D eigenvalue weighted by Gasteiger charge is -2.21. The van der Waals surface area contributed by atoms with Crippen molar-refractivity contribution < 1.29 is 9.59 Å². The summed E-state index contributed by atoms with van der Waals surface area (Å²) in [5, 5.41) is 3.91. The SMILES string of the molecule is CC(=O)N(CC(=O)NCc1ccccc1Cl)c1ccc(C)c(Cl)c1. The van der Waals surface area contributed by atoms with Crippen molar-refractivity contribution in [1.82, 2.24) is 5.32 Å². The quantitative estimate of drug-likeness (QED) is 0.872. The van der Waals surface area contributed by atoms with Gasteiger partial charge in [0.1, 0.15) is 6.54 Å². The van der Waals surface area contributed by atoms with Gasteiger partial charge in [-0.25, -0.2) is 0 Å². The van der Waals surface area contributed by atoms with Crippen LogP contribution in [-0.4, -0.2) is 18.4 Å². The van der Waals surface area contributed by atoms with Gasteiger partial charge in [-0.05, 0) is 36.2 Å². The Morgan fingerprint density at radius 2 is 1.79 bits per heavy atom. The van der Waals surface area contributed by atoms with Crippen LogP contribution in [-0.2, 0) is 16.1 Å². The van der Waals surface area contributed by atoms with Gasteiger partial charge in [0.2, 0.25) is 11.8 Å². The van der Waals surface area contributed by atoms with Crippen LogP contribution in [0.15, 0.2) is 42.5 Å². The van der Waals surface area contributed by atoms with E-state index in [1.165, 1.54) is 11.8 Å². The Labute approximate surface area is 151 Å². The van der Waals surface area contributed by atoms with E-state index in [2.05, 4.69) is 5.32 Å². The molecule has 0 bridgehead atoms. The van der Waals surface area contributed by atoms with Gasteiger partial charge < -0.3 is 10.2 Å². The summed E-state index contributed by atoms with van der Waals surface area (Å²) in [5.74, 6) is -0.510. The molecule has 6 heteroatoms. The lowest BCUT2D eigenvalue weighted by atomic mass is 10.2. The number of hydrogen-bond acceptors (Lipinski definition) is 2. The van der Waals surface area contributed by atoms with Crippen LogP contribution < -0.4 is 10.2 Å². The second-order valence-corrected chi connectivity index (χ2v) is 6.22. The second kappa shape index (κ2) is 8.18. The molecule has 4 nitrogen and oxygen atoms in total. The number of benzene rings is 2. The Kier molecular flexibility index (Phi) is 6.23. The first kappa shape index (κ1) is 18.3. The average Bonchev–Trinajstić information content (AvgIpc) is 2.54. The molecule has 1 N–H and O–H groups in total. The van der Waals surface area contributed by atoms with Gasteiger partial charge in [-0.1, -0.05) is 47.5 Å². The zero-order valence-corrected chi connectivity index (χ0v) is 15.0. The fourth-order valence-corrected chi connectivity index (χ4v) is 2.55. The minimum atomic E-state index is -0.276. The first-order chi connectivity index (χ1) is 11.4. The van der Waals surface area contributed by atoms with Crippen LogP contribution in [0.2, 0.25) is 10.0 Å². The fraction of sp³-hybridized carbons (Fsp3) is 0.222. The second-order valence-electron chi connectivity index (χ2n) is 5.41. The van der Waals surface area contributed by atoms with Crippen molar-refractivity contribution in [3.63, 3.8) is 0 Å². The van der Waals surface area contributed by atoms with Crippen LogP contribution in [0.3, 0.4) is 0 Å². The summed E-state index contributed by atoms with van der Waals surface area (Å²) in [7, 11) is 0. The molecule has 2 aromatic rings. The number of carbonyl (C=O) groups is 2. The predicted octanol–water partition coefficient (Wildman–Crippen LogP) is 3.97. The van der Waals surface area contributed by atoms with Gasteiger partial charge in [0, 0.05) is 29.2 Å². The van der Waals surface area contributed by atoms with Crippen LogP contribution in [0.4, 0.5) is 5.69 Å². The Bertz CT molecular complexity index is 762.